The molecule has 10 nitrogen and oxygen atoms in total. The first kappa shape index (κ1) is 62.8. The van der Waals surface area contributed by atoms with Crippen LogP contribution in [0.3, 0.4) is 0 Å². The maximum atomic E-state index is 10.9. The number of carboxylic acid groups (broad SMARTS) is 2. The Hall–Kier alpha value is -2.19. The molecule has 0 aromatic heterocycles. The van der Waals surface area contributed by atoms with Crippen molar-refractivity contribution in [2.24, 2.45) is 0 Å². The molecule has 0 fully saturated rings. The number of carboxylic acids is 2. The van der Waals surface area contributed by atoms with Crippen LogP contribution in [0.25, 0.3) is 0 Å². The smallest absolute Gasteiger partial charge is 0.550 e. The monoisotopic (exact) mass is 1030 g/mol. The fourth-order valence-electron chi connectivity index (χ4n) is 7.88. The van der Waals surface area contributed by atoms with E-state index in [-0.39, 0.29) is 98.1 Å². The molecule has 11 heteroatoms. The number of hydrogen-bond donors (Lipinski definition) is 0. The van der Waals surface area contributed by atoms with Crippen molar-refractivity contribution in [1.29, 1.82) is 0 Å². The quantitative estimate of drug-likeness (QED) is 0.0358. The number of rotatable bonds is 40. The standard InChI is InChI=1S/2C27H44O5.Ba/c2*1-23(32-24(2)28)16-12-9-7-5-3-4-6-8-10-15-19-26(20-21-27(29)30)31-22-25-17-13-11-14-18-25;/h2*11,13-14,17-18,23,26H,3-10,12,15-16,19-22H2,1-2H3,(H,29,30);/q;;+2/p-2. The molecule has 4 atom stereocenters. The van der Waals surface area contributed by atoms with E-state index in [0.717, 1.165) is 62.5 Å². The van der Waals surface area contributed by atoms with E-state index >= 15 is 0 Å². The summed E-state index contributed by atoms with van der Waals surface area (Å²) in [6.45, 7) is 7.91. The zero-order valence-electron chi connectivity index (χ0n) is 41.1. The molecule has 4 unspecified atom stereocenters. The molecule has 0 aliphatic heterocycles. The second-order valence-corrected chi connectivity index (χ2v) is 17.7. The van der Waals surface area contributed by atoms with E-state index in [1.807, 2.05) is 74.5 Å². The van der Waals surface area contributed by atoms with Gasteiger partial charge in [-0.25, -0.2) is 0 Å². The Kier molecular flexibility index (Phi) is 42.8. The minimum atomic E-state index is -1.00. The topological polar surface area (TPSA) is 151 Å². The number of esters is 2. The van der Waals surface area contributed by atoms with Crippen LogP contribution in [-0.4, -0.2) is 97.2 Å². The molecule has 0 saturated heterocycles. The maximum absolute atomic E-state index is 10.9. The Bertz CT molecular complexity index is 1320. The second-order valence-electron chi connectivity index (χ2n) is 17.7. The summed E-state index contributed by atoms with van der Waals surface area (Å²) in [7, 11) is 0. The molecular weight excluding hydrogens is 946 g/mol. The van der Waals surface area contributed by atoms with Crippen molar-refractivity contribution in [2.75, 3.05) is 0 Å². The summed E-state index contributed by atoms with van der Waals surface area (Å²) in [5, 5.41) is 21.6. The van der Waals surface area contributed by atoms with E-state index in [4.69, 9.17) is 18.9 Å². The Morgan fingerprint density at radius 3 is 0.938 bits per heavy atom. The van der Waals surface area contributed by atoms with Gasteiger partial charge in [0.1, 0.15) is 0 Å². The van der Waals surface area contributed by atoms with Gasteiger partial charge in [-0.3, -0.25) is 9.59 Å². The molecule has 364 valence electrons. The first-order valence-corrected chi connectivity index (χ1v) is 25.0. The van der Waals surface area contributed by atoms with Gasteiger partial charge in [-0.05, 0) is 89.2 Å². The molecule has 2 aromatic carbocycles. The zero-order valence-corrected chi connectivity index (χ0v) is 45.5. The SMILES string of the molecule is CC(=O)OC(C)CCCCCCCCCCCCC(CCC(=O)[O-])OCc1ccccc1.CC(=O)OC(C)CCCCCCCCCCCCC(CCC(=O)[O-])OCc1ccccc1.[Ba+2]. The van der Waals surface area contributed by atoms with E-state index < -0.39 is 11.9 Å². The summed E-state index contributed by atoms with van der Waals surface area (Å²) in [6, 6.07) is 20.0. The molecule has 0 aliphatic carbocycles. The van der Waals surface area contributed by atoms with Crippen molar-refractivity contribution < 1.29 is 48.3 Å². The van der Waals surface area contributed by atoms with Crippen molar-refractivity contribution in [3.8, 4) is 0 Å². The predicted molar refractivity (Wildman–Crippen MR) is 258 cm³/mol. The first-order valence-electron chi connectivity index (χ1n) is 25.0. The van der Waals surface area contributed by atoms with Gasteiger partial charge in [0.2, 0.25) is 0 Å². The van der Waals surface area contributed by atoms with Gasteiger partial charge in [-0.15, -0.1) is 0 Å². The van der Waals surface area contributed by atoms with Crippen LogP contribution in [0.2, 0.25) is 0 Å². The van der Waals surface area contributed by atoms with Crippen LogP contribution in [-0.2, 0) is 51.3 Å². The Balaban J connectivity index is 0.00000124. The van der Waals surface area contributed by atoms with Crippen LogP contribution in [0, 0.1) is 0 Å². The number of benzene rings is 2. The second kappa shape index (κ2) is 44.3. The molecule has 2 rings (SSSR count). The number of carbonyl (C=O) groups is 4. The number of unbranched alkanes of at least 4 members (excludes halogenated alkanes) is 18. The number of aliphatic carboxylic acids is 2. The molecule has 2 aromatic rings. The normalized spacial score (nSPS) is 12.7. The number of carbonyl (C=O) groups excluding carboxylic acids is 4. The number of hydrogen-bond acceptors (Lipinski definition) is 10. The van der Waals surface area contributed by atoms with E-state index in [1.54, 1.807) is 0 Å². The van der Waals surface area contributed by atoms with Gasteiger partial charge in [0.25, 0.3) is 0 Å². The van der Waals surface area contributed by atoms with E-state index in [1.165, 1.54) is 117 Å². The van der Waals surface area contributed by atoms with Gasteiger partial charge in [0.15, 0.2) is 0 Å². The van der Waals surface area contributed by atoms with Gasteiger partial charge in [-0.1, -0.05) is 176 Å². The van der Waals surface area contributed by atoms with Crippen molar-refractivity contribution >= 4 is 72.8 Å². The fraction of sp³-hybridized carbons (Fsp3) is 0.704. The molecule has 65 heavy (non-hydrogen) atoms. The van der Waals surface area contributed by atoms with E-state index in [0.29, 0.717) is 26.1 Å². The van der Waals surface area contributed by atoms with Gasteiger partial charge in [0, 0.05) is 25.8 Å². The van der Waals surface area contributed by atoms with E-state index in [9.17, 15) is 29.4 Å². The fourth-order valence-corrected chi connectivity index (χ4v) is 7.88. The van der Waals surface area contributed by atoms with E-state index in [2.05, 4.69) is 0 Å². The average molecular weight is 1030 g/mol. The van der Waals surface area contributed by atoms with Crippen LogP contribution >= 0.6 is 0 Å². The van der Waals surface area contributed by atoms with Gasteiger partial charge in [0.05, 0.1) is 37.6 Å². The van der Waals surface area contributed by atoms with Crippen molar-refractivity contribution in [1.82, 2.24) is 0 Å². The van der Waals surface area contributed by atoms with Crippen molar-refractivity contribution in [2.45, 2.75) is 245 Å². The summed E-state index contributed by atoms with van der Waals surface area (Å²) in [6.07, 6.45) is 29.3. The van der Waals surface area contributed by atoms with Crippen LogP contribution in [0.5, 0.6) is 0 Å². The third-order valence-electron chi connectivity index (χ3n) is 11.5. The molecule has 0 amide bonds. The van der Waals surface area contributed by atoms with Crippen molar-refractivity contribution in [3.63, 3.8) is 0 Å². The van der Waals surface area contributed by atoms with Crippen molar-refractivity contribution in [3.05, 3.63) is 71.8 Å². The summed E-state index contributed by atoms with van der Waals surface area (Å²) in [5.74, 6) is -2.38. The largest absolute Gasteiger partial charge is 2.00 e. The molecule has 0 bridgehead atoms. The third kappa shape index (κ3) is 42.9. The molecule has 0 saturated carbocycles. The molecule has 0 spiro atoms. The van der Waals surface area contributed by atoms with Crippen LogP contribution in [0.15, 0.2) is 60.7 Å². The molecule has 0 radical (unpaired) electrons. The van der Waals surface area contributed by atoms with Crippen LogP contribution < -0.4 is 10.2 Å². The average Bonchev–Trinajstić information content (AvgIpc) is 3.26. The van der Waals surface area contributed by atoms with Gasteiger partial charge >= 0.3 is 60.8 Å². The maximum Gasteiger partial charge on any atom is 2.00 e. The summed E-state index contributed by atoms with van der Waals surface area (Å²) in [4.78, 5) is 43.4. The van der Waals surface area contributed by atoms with Crippen LogP contribution in [0.4, 0.5) is 0 Å². The summed E-state index contributed by atoms with van der Waals surface area (Å²) >= 11 is 0. The first-order chi connectivity index (χ1) is 30.9. The van der Waals surface area contributed by atoms with Crippen LogP contribution in [0.1, 0.15) is 219 Å². The molecular formula is C54H86BaO10. The van der Waals surface area contributed by atoms with Gasteiger partial charge in [-0.2, -0.15) is 0 Å². The Morgan fingerprint density at radius 2 is 0.677 bits per heavy atom. The minimum Gasteiger partial charge on any atom is -0.550 e. The molecule has 0 aliphatic rings. The predicted octanol–water partition coefficient (Wildman–Crippen LogP) is 11.1. The summed E-state index contributed by atoms with van der Waals surface area (Å²) in [5.41, 5.74) is 2.23. The zero-order chi connectivity index (χ0) is 46.9. The molecule has 0 heterocycles. The minimum absolute atomic E-state index is 0. The number of ether oxygens (including phenoxy) is 4. The third-order valence-corrected chi connectivity index (χ3v) is 11.5. The Labute approximate surface area is 434 Å². The Morgan fingerprint density at radius 1 is 0.415 bits per heavy atom. The van der Waals surface area contributed by atoms with Gasteiger partial charge < -0.3 is 38.7 Å². The molecule has 0 N–H and O–H groups in total. The summed E-state index contributed by atoms with van der Waals surface area (Å²) < 4.78 is 22.3.